The number of carbonyl (C=O) groups is 1. The molecular weight excluding hydrogens is 386 g/mol. The van der Waals surface area contributed by atoms with E-state index in [2.05, 4.69) is 52.4 Å². The molecule has 4 nitrogen and oxygen atoms in total. The first-order chi connectivity index (χ1) is 13.7. The number of nitrogens with zero attached hydrogens (tertiary/aromatic N) is 2. The van der Waals surface area contributed by atoms with Crippen LogP contribution in [0.5, 0.6) is 0 Å². The van der Waals surface area contributed by atoms with Crippen LogP contribution in [-0.2, 0) is 5.75 Å². The van der Waals surface area contributed by atoms with E-state index in [1.807, 2.05) is 11.8 Å². The number of fused-ring (bicyclic) bond motifs is 3. The molecule has 0 bridgehead atoms. The zero-order valence-electron chi connectivity index (χ0n) is 16.6. The number of hydrogen-bond donors (Lipinski definition) is 1. The monoisotopic (exact) mass is 415 g/mol. The molecule has 0 aliphatic carbocycles. The van der Waals surface area contributed by atoms with E-state index in [-0.39, 0.29) is 5.91 Å². The molecule has 6 heteroatoms. The summed E-state index contributed by atoms with van der Waals surface area (Å²) >= 11 is 3.50. The molecule has 4 rings (SSSR count). The minimum Gasteiger partial charge on any atom is -0.351 e. The van der Waals surface area contributed by atoms with Crippen molar-refractivity contribution >= 4 is 29.0 Å². The highest BCUT2D eigenvalue weighted by atomic mass is 32.2. The molecule has 150 valence electrons. The first-order valence-electron chi connectivity index (χ1n) is 10.3. The number of thiophene rings is 1. The Morgan fingerprint density at radius 1 is 1.11 bits per heavy atom. The topological polar surface area (TPSA) is 35.6 Å². The standard InChI is InChI=1S/C22H29N3OS2/c1-2-9-24-11-13-25(14-12-24)10-5-8-23-22(26)20-15-17-16-27-19-7-4-3-6-18(19)21(17)28-20/h3-4,6-7,15H,2,5,8-14,16H2,1H3,(H,23,26). The first-order valence-corrected chi connectivity index (χ1v) is 12.1. The van der Waals surface area contributed by atoms with Gasteiger partial charge in [0.15, 0.2) is 0 Å². The van der Waals surface area contributed by atoms with Crippen LogP contribution in [0.3, 0.4) is 0 Å². The van der Waals surface area contributed by atoms with Crippen LogP contribution in [0.1, 0.15) is 35.0 Å². The Morgan fingerprint density at radius 3 is 2.64 bits per heavy atom. The Labute approximate surface area is 176 Å². The molecule has 1 amide bonds. The van der Waals surface area contributed by atoms with E-state index < -0.39 is 0 Å². The summed E-state index contributed by atoms with van der Waals surface area (Å²) in [5.74, 6) is 1.04. The second-order valence-corrected chi connectivity index (χ2v) is 9.61. The Morgan fingerprint density at radius 2 is 1.86 bits per heavy atom. The van der Waals surface area contributed by atoms with Crippen LogP contribution in [0.2, 0.25) is 0 Å². The van der Waals surface area contributed by atoms with Crippen LogP contribution < -0.4 is 5.32 Å². The van der Waals surface area contributed by atoms with Gasteiger partial charge in [-0.15, -0.1) is 23.1 Å². The lowest BCUT2D eigenvalue weighted by molar-refractivity contribution is 0.0952. The van der Waals surface area contributed by atoms with Crippen molar-refractivity contribution in [2.45, 2.75) is 30.4 Å². The van der Waals surface area contributed by atoms with E-state index in [1.54, 1.807) is 11.3 Å². The summed E-state index contributed by atoms with van der Waals surface area (Å²) in [5.41, 5.74) is 2.57. The lowest BCUT2D eigenvalue weighted by Gasteiger charge is -2.34. The number of piperazine rings is 1. The smallest absolute Gasteiger partial charge is 0.261 e. The van der Waals surface area contributed by atoms with Gasteiger partial charge in [0, 0.05) is 53.8 Å². The van der Waals surface area contributed by atoms with Gasteiger partial charge in [-0.05, 0) is 43.6 Å². The van der Waals surface area contributed by atoms with Gasteiger partial charge < -0.3 is 15.1 Å². The van der Waals surface area contributed by atoms with Crippen molar-refractivity contribution in [1.29, 1.82) is 0 Å². The fourth-order valence-electron chi connectivity index (χ4n) is 3.96. The zero-order valence-corrected chi connectivity index (χ0v) is 18.2. The third kappa shape index (κ3) is 4.62. The van der Waals surface area contributed by atoms with Crippen LogP contribution in [0, 0.1) is 0 Å². The van der Waals surface area contributed by atoms with E-state index in [1.165, 1.54) is 47.0 Å². The minimum absolute atomic E-state index is 0.0784. The Balaban J connectivity index is 1.24. The normalized spacial score (nSPS) is 17.2. The number of carbonyl (C=O) groups excluding carboxylic acids is 1. The fourth-order valence-corrected chi connectivity index (χ4v) is 6.29. The molecule has 2 aliphatic heterocycles. The molecule has 3 heterocycles. The van der Waals surface area contributed by atoms with Crippen LogP contribution in [0.4, 0.5) is 0 Å². The first kappa shape index (κ1) is 20.0. The van der Waals surface area contributed by atoms with Crippen molar-refractivity contribution in [1.82, 2.24) is 15.1 Å². The van der Waals surface area contributed by atoms with E-state index in [9.17, 15) is 4.79 Å². The molecular formula is C22H29N3OS2. The van der Waals surface area contributed by atoms with Gasteiger partial charge in [0.25, 0.3) is 5.91 Å². The summed E-state index contributed by atoms with van der Waals surface area (Å²) in [6, 6.07) is 10.6. The fraction of sp³-hybridized carbons (Fsp3) is 0.500. The van der Waals surface area contributed by atoms with E-state index in [4.69, 9.17) is 0 Å². The van der Waals surface area contributed by atoms with Crippen molar-refractivity contribution < 1.29 is 4.79 Å². The lowest BCUT2D eigenvalue weighted by Crippen LogP contribution is -2.47. The van der Waals surface area contributed by atoms with Gasteiger partial charge in [0.05, 0.1) is 4.88 Å². The van der Waals surface area contributed by atoms with Gasteiger partial charge in [0.1, 0.15) is 0 Å². The van der Waals surface area contributed by atoms with Gasteiger partial charge >= 0.3 is 0 Å². The highest BCUT2D eigenvalue weighted by Crippen LogP contribution is 2.45. The molecule has 0 saturated carbocycles. The van der Waals surface area contributed by atoms with Crippen molar-refractivity contribution in [3.05, 3.63) is 40.8 Å². The quantitative estimate of drug-likeness (QED) is 0.689. The van der Waals surface area contributed by atoms with Crippen molar-refractivity contribution in [3.8, 4) is 10.4 Å². The Hall–Kier alpha value is -1.34. The van der Waals surface area contributed by atoms with Crippen molar-refractivity contribution in [3.63, 3.8) is 0 Å². The summed E-state index contributed by atoms with van der Waals surface area (Å²) in [5, 5.41) is 3.13. The highest BCUT2D eigenvalue weighted by molar-refractivity contribution is 7.98. The summed E-state index contributed by atoms with van der Waals surface area (Å²) in [6.45, 7) is 9.97. The highest BCUT2D eigenvalue weighted by Gasteiger charge is 2.22. The number of hydrogen-bond acceptors (Lipinski definition) is 5. The molecule has 1 aromatic carbocycles. The number of nitrogens with one attached hydrogen (secondary N) is 1. The van der Waals surface area contributed by atoms with Crippen LogP contribution in [-0.4, -0.2) is 61.5 Å². The van der Waals surface area contributed by atoms with Crippen LogP contribution in [0.25, 0.3) is 10.4 Å². The maximum Gasteiger partial charge on any atom is 0.261 e. The van der Waals surface area contributed by atoms with Crippen molar-refractivity contribution in [2.24, 2.45) is 0 Å². The third-order valence-electron chi connectivity index (χ3n) is 5.49. The number of amides is 1. The maximum atomic E-state index is 12.6. The van der Waals surface area contributed by atoms with Gasteiger partial charge in [0.2, 0.25) is 0 Å². The average molecular weight is 416 g/mol. The minimum atomic E-state index is 0.0784. The summed E-state index contributed by atoms with van der Waals surface area (Å²) in [6.07, 6.45) is 2.26. The van der Waals surface area contributed by atoms with E-state index >= 15 is 0 Å². The van der Waals surface area contributed by atoms with Crippen LogP contribution >= 0.6 is 23.1 Å². The summed E-state index contributed by atoms with van der Waals surface area (Å²) < 4.78 is 0. The molecule has 1 fully saturated rings. The molecule has 1 N–H and O–H groups in total. The van der Waals surface area contributed by atoms with Gasteiger partial charge in [-0.1, -0.05) is 25.1 Å². The van der Waals surface area contributed by atoms with Crippen molar-refractivity contribution in [2.75, 3.05) is 45.8 Å². The molecule has 2 aliphatic rings. The predicted octanol–water partition coefficient (Wildman–Crippen LogP) is 4.17. The number of rotatable bonds is 7. The maximum absolute atomic E-state index is 12.6. The molecule has 1 aromatic heterocycles. The van der Waals surface area contributed by atoms with E-state index in [0.29, 0.717) is 0 Å². The lowest BCUT2D eigenvalue weighted by atomic mass is 10.1. The molecule has 0 radical (unpaired) electrons. The Bertz CT molecular complexity index is 812. The second-order valence-electron chi connectivity index (χ2n) is 7.54. The largest absolute Gasteiger partial charge is 0.351 e. The van der Waals surface area contributed by atoms with E-state index in [0.717, 1.165) is 43.2 Å². The summed E-state index contributed by atoms with van der Waals surface area (Å²) in [7, 11) is 0. The molecule has 1 saturated heterocycles. The second kappa shape index (κ2) is 9.44. The SMILES string of the molecule is CCCN1CCN(CCCNC(=O)c2cc3c(s2)-c2ccccc2SC3)CC1. The van der Waals surface area contributed by atoms with Crippen LogP contribution in [0.15, 0.2) is 35.2 Å². The average Bonchev–Trinajstić information content (AvgIpc) is 3.17. The van der Waals surface area contributed by atoms with Gasteiger partial charge in [-0.2, -0.15) is 0 Å². The summed E-state index contributed by atoms with van der Waals surface area (Å²) in [4.78, 5) is 21.1. The predicted molar refractivity (Wildman–Crippen MR) is 119 cm³/mol. The zero-order chi connectivity index (χ0) is 19.3. The van der Waals surface area contributed by atoms with Gasteiger partial charge in [-0.25, -0.2) is 0 Å². The number of benzene rings is 1. The molecule has 0 spiro atoms. The van der Waals surface area contributed by atoms with Gasteiger partial charge in [-0.3, -0.25) is 4.79 Å². The molecule has 0 unspecified atom stereocenters. The molecule has 28 heavy (non-hydrogen) atoms. The molecule has 0 atom stereocenters. The molecule has 2 aromatic rings. The Kier molecular flexibility index (Phi) is 6.73. The third-order valence-corrected chi connectivity index (χ3v) is 7.82. The number of thioether (sulfide) groups is 1.